The third-order valence-electron chi connectivity index (χ3n) is 3.08. The first-order chi connectivity index (χ1) is 11.6. The van der Waals surface area contributed by atoms with Crippen LogP contribution in [0.2, 0.25) is 5.02 Å². The molecule has 24 heavy (non-hydrogen) atoms. The third kappa shape index (κ3) is 5.52. The molecule has 4 nitrogen and oxygen atoms in total. The number of rotatable bonds is 6. The van der Waals surface area contributed by atoms with E-state index in [1.165, 1.54) is 18.2 Å². The fourth-order valence-corrected chi connectivity index (χ4v) is 2.04. The topological polar surface area (TPSA) is 55.4 Å². The first-order valence-corrected chi connectivity index (χ1v) is 7.53. The molecule has 0 unspecified atom stereocenters. The van der Waals surface area contributed by atoms with E-state index in [1.54, 1.807) is 42.5 Å². The van der Waals surface area contributed by atoms with Crippen molar-refractivity contribution < 1.29 is 18.7 Å². The number of nitrogens with one attached hydrogen (secondary N) is 1. The summed E-state index contributed by atoms with van der Waals surface area (Å²) in [4.78, 5) is 23.2. The van der Waals surface area contributed by atoms with E-state index in [0.717, 1.165) is 0 Å². The normalized spacial score (nSPS) is 10.6. The quantitative estimate of drug-likeness (QED) is 0.644. The van der Waals surface area contributed by atoms with Gasteiger partial charge in [0.15, 0.2) is 6.61 Å². The monoisotopic (exact) mass is 347 g/mol. The van der Waals surface area contributed by atoms with E-state index in [4.69, 9.17) is 16.3 Å². The van der Waals surface area contributed by atoms with Crippen LogP contribution in [0.5, 0.6) is 0 Å². The van der Waals surface area contributed by atoms with Gasteiger partial charge in [-0.3, -0.25) is 4.79 Å². The average molecular weight is 348 g/mol. The molecular formula is C18H15ClFNO3. The molecule has 6 heteroatoms. The van der Waals surface area contributed by atoms with Crippen molar-refractivity contribution in [2.45, 2.75) is 6.54 Å². The van der Waals surface area contributed by atoms with Crippen molar-refractivity contribution in [1.29, 1.82) is 0 Å². The predicted octanol–water partition coefficient (Wildman–Crippen LogP) is 3.35. The van der Waals surface area contributed by atoms with Crippen molar-refractivity contribution in [3.8, 4) is 0 Å². The Kier molecular flexibility index (Phi) is 6.51. The Morgan fingerprint density at radius 3 is 2.58 bits per heavy atom. The molecule has 124 valence electrons. The lowest BCUT2D eigenvalue weighted by atomic mass is 10.2. The van der Waals surface area contributed by atoms with Gasteiger partial charge in [-0.15, -0.1) is 0 Å². The minimum Gasteiger partial charge on any atom is -0.452 e. The van der Waals surface area contributed by atoms with E-state index in [9.17, 15) is 14.0 Å². The van der Waals surface area contributed by atoms with Gasteiger partial charge in [0.25, 0.3) is 5.91 Å². The maximum atomic E-state index is 13.4. The maximum Gasteiger partial charge on any atom is 0.331 e. The Balaban J connectivity index is 1.76. The van der Waals surface area contributed by atoms with E-state index in [1.807, 2.05) is 0 Å². The Morgan fingerprint density at radius 2 is 1.83 bits per heavy atom. The lowest BCUT2D eigenvalue weighted by molar-refractivity contribution is -0.143. The number of amides is 1. The Bertz CT molecular complexity index is 761. The summed E-state index contributed by atoms with van der Waals surface area (Å²) < 4.78 is 18.2. The summed E-state index contributed by atoms with van der Waals surface area (Å²) in [6.07, 6.45) is 2.69. The van der Waals surface area contributed by atoms with E-state index >= 15 is 0 Å². The SMILES string of the molecule is O=C(COC(=O)/C=C/c1ccccc1Cl)NCc1ccccc1F. The zero-order valence-electron chi connectivity index (χ0n) is 12.7. The summed E-state index contributed by atoms with van der Waals surface area (Å²) in [7, 11) is 0. The van der Waals surface area contributed by atoms with E-state index in [-0.39, 0.29) is 6.54 Å². The number of hydrogen-bond donors (Lipinski definition) is 1. The van der Waals surface area contributed by atoms with Crippen molar-refractivity contribution in [2.75, 3.05) is 6.61 Å². The molecule has 0 bridgehead atoms. The molecule has 1 amide bonds. The molecule has 0 saturated carbocycles. The van der Waals surface area contributed by atoms with Crippen LogP contribution in [0.25, 0.3) is 6.08 Å². The fourth-order valence-electron chi connectivity index (χ4n) is 1.84. The van der Waals surface area contributed by atoms with Gasteiger partial charge in [-0.05, 0) is 23.8 Å². The second kappa shape index (κ2) is 8.84. The number of halogens is 2. The van der Waals surface area contributed by atoms with Crippen molar-refractivity contribution in [3.05, 3.63) is 76.6 Å². The Labute approximate surface area is 143 Å². The van der Waals surface area contributed by atoms with Crippen LogP contribution in [0.4, 0.5) is 4.39 Å². The summed E-state index contributed by atoms with van der Waals surface area (Å²) in [5, 5.41) is 2.98. The van der Waals surface area contributed by atoms with Gasteiger partial charge < -0.3 is 10.1 Å². The van der Waals surface area contributed by atoms with Gasteiger partial charge in [-0.2, -0.15) is 0 Å². The van der Waals surface area contributed by atoms with Crippen LogP contribution in [-0.2, 0) is 20.9 Å². The molecule has 2 rings (SSSR count). The average Bonchev–Trinajstić information content (AvgIpc) is 2.58. The second-order valence-corrected chi connectivity index (χ2v) is 5.24. The Morgan fingerprint density at radius 1 is 1.12 bits per heavy atom. The van der Waals surface area contributed by atoms with Crippen molar-refractivity contribution in [2.24, 2.45) is 0 Å². The highest BCUT2D eigenvalue weighted by Gasteiger charge is 2.07. The van der Waals surface area contributed by atoms with Gasteiger partial charge in [-0.25, -0.2) is 9.18 Å². The number of hydrogen-bond acceptors (Lipinski definition) is 3. The molecule has 0 saturated heterocycles. The zero-order chi connectivity index (χ0) is 17.4. The minimum atomic E-state index is -0.670. The predicted molar refractivity (Wildman–Crippen MR) is 89.7 cm³/mol. The second-order valence-electron chi connectivity index (χ2n) is 4.83. The molecular weight excluding hydrogens is 333 g/mol. The van der Waals surface area contributed by atoms with Crippen LogP contribution in [0.1, 0.15) is 11.1 Å². The number of ether oxygens (including phenoxy) is 1. The van der Waals surface area contributed by atoms with Crippen LogP contribution in [0.3, 0.4) is 0 Å². The summed E-state index contributed by atoms with van der Waals surface area (Å²) in [6.45, 7) is -0.418. The van der Waals surface area contributed by atoms with Gasteiger partial charge in [0.05, 0.1) is 0 Å². The van der Waals surface area contributed by atoms with Crippen LogP contribution in [0, 0.1) is 5.82 Å². The third-order valence-corrected chi connectivity index (χ3v) is 3.43. The van der Waals surface area contributed by atoms with Crippen LogP contribution in [-0.4, -0.2) is 18.5 Å². The summed E-state index contributed by atoms with van der Waals surface area (Å²) in [5.74, 6) is -1.59. The van der Waals surface area contributed by atoms with Crippen LogP contribution >= 0.6 is 11.6 Å². The summed E-state index contributed by atoms with van der Waals surface area (Å²) in [6, 6.07) is 13.1. The van der Waals surface area contributed by atoms with Gasteiger partial charge in [-0.1, -0.05) is 48.0 Å². The molecule has 0 radical (unpaired) electrons. The Hall–Kier alpha value is -2.66. The number of carbonyl (C=O) groups is 2. The lowest BCUT2D eigenvalue weighted by Crippen LogP contribution is -2.28. The molecule has 2 aromatic carbocycles. The standard InChI is InChI=1S/C18H15ClFNO3/c19-15-7-3-1-5-13(15)9-10-18(23)24-12-17(22)21-11-14-6-2-4-8-16(14)20/h1-10H,11-12H2,(H,21,22)/b10-9+. The van der Waals surface area contributed by atoms with E-state index in [2.05, 4.69) is 5.32 Å². The summed E-state index contributed by atoms with van der Waals surface area (Å²) in [5.41, 5.74) is 1.02. The molecule has 0 spiro atoms. The molecule has 0 aliphatic rings. The number of esters is 1. The highest BCUT2D eigenvalue weighted by Crippen LogP contribution is 2.16. The molecule has 0 aliphatic heterocycles. The highest BCUT2D eigenvalue weighted by atomic mass is 35.5. The number of carbonyl (C=O) groups excluding carboxylic acids is 2. The van der Waals surface area contributed by atoms with E-state index in [0.29, 0.717) is 16.1 Å². The first-order valence-electron chi connectivity index (χ1n) is 7.16. The maximum absolute atomic E-state index is 13.4. The van der Waals surface area contributed by atoms with Crippen molar-refractivity contribution in [3.63, 3.8) is 0 Å². The fraction of sp³-hybridized carbons (Fsp3) is 0.111. The smallest absolute Gasteiger partial charge is 0.331 e. The molecule has 0 fully saturated rings. The summed E-state index contributed by atoms with van der Waals surface area (Å²) >= 11 is 5.95. The molecule has 0 atom stereocenters. The molecule has 0 heterocycles. The van der Waals surface area contributed by atoms with Crippen molar-refractivity contribution in [1.82, 2.24) is 5.32 Å². The highest BCUT2D eigenvalue weighted by molar-refractivity contribution is 6.32. The molecule has 0 aliphatic carbocycles. The molecule has 1 N–H and O–H groups in total. The molecule has 2 aromatic rings. The number of benzene rings is 2. The van der Waals surface area contributed by atoms with Gasteiger partial charge in [0, 0.05) is 23.2 Å². The van der Waals surface area contributed by atoms with Gasteiger partial charge in [0.1, 0.15) is 5.82 Å². The first kappa shape index (κ1) is 17.7. The van der Waals surface area contributed by atoms with Crippen LogP contribution in [0.15, 0.2) is 54.6 Å². The van der Waals surface area contributed by atoms with Crippen molar-refractivity contribution >= 4 is 29.6 Å². The van der Waals surface area contributed by atoms with Gasteiger partial charge in [0.2, 0.25) is 0 Å². The van der Waals surface area contributed by atoms with Crippen LogP contribution < -0.4 is 5.32 Å². The van der Waals surface area contributed by atoms with E-state index < -0.39 is 24.3 Å². The largest absolute Gasteiger partial charge is 0.452 e. The molecule has 0 aromatic heterocycles. The zero-order valence-corrected chi connectivity index (χ0v) is 13.4. The minimum absolute atomic E-state index is 0.0263. The van der Waals surface area contributed by atoms with Gasteiger partial charge >= 0.3 is 5.97 Å². The lowest BCUT2D eigenvalue weighted by Gasteiger charge is -2.06.